The molecule has 5 rings (SSSR count). The third-order valence-electron chi connectivity index (χ3n) is 6.23. The van der Waals surface area contributed by atoms with Crippen LogP contribution < -0.4 is 0 Å². The molecule has 2 aromatic carbocycles. The van der Waals surface area contributed by atoms with Gasteiger partial charge in [0.15, 0.2) is 5.78 Å². The molecule has 6 heteroatoms. The highest BCUT2D eigenvalue weighted by Crippen LogP contribution is 2.29. The van der Waals surface area contributed by atoms with Crippen LogP contribution in [0.5, 0.6) is 0 Å². The summed E-state index contributed by atoms with van der Waals surface area (Å²) in [5.41, 5.74) is 4.45. The largest absolute Gasteiger partial charge is 0.381 e. The van der Waals surface area contributed by atoms with Crippen LogP contribution in [0.25, 0.3) is 22.0 Å². The van der Waals surface area contributed by atoms with Gasteiger partial charge in [0.25, 0.3) is 0 Å². The second kappa shape index (κ2) is 8.71. The molecule has 0 saturated carbocycles. The standard InChI is InChI=1S/C26H26FN3O2/c1-29-15-21(13-28-29)20-9-7-18(8-10-20)14-30-16-22(26-23(27)5-2-6-24(26)30)25(31)12-19-4-3-11-32-17-19/h2,5-10,13,15-16,19H,3-4,11-12,14,17H2,1H3. The van der Waals surface area contributed by atoms with Crippen molar-refractivity contribution < 1.29 is 13.9 Å². The van der Waals surface area contributed by atoms with Crippen LogP contribution in [0.4, 0.5) is 4.39 Å². The van der Waals surface area contributed by atoms with Gasteiger partial charge in [-0.2, -0.15) is 5.10 Å². The first-order valence-corrected chi connectivity index (χ1v) is 11.0. The molecule has 0 radical (unpaired) electrons. The third kappa shape index (κ3) is 4.10. The monoisotopic (exact) mass is 431 g/mol. The van der Waals surface area contributed by atoms with E-state index in [0.29, 0.717) is 30.5 Å². The zero-order chi connectivity index (χ0) is 22.1. The van der Waals surface area contributed by atoms with Gasteiger partial charge in [-0.15, -0.1) is 0 Å². The number of fused-ring (bicyclic) bond motifs is 1. The topological polar surface area (TPSA) is 49.0 Å². The maximum Gasteiger partial charge on any atom is 0.165 e. The molecule has 1 aliphatic heterocycles. The number of aromatic nitrogens is 3. The molecule has 0 amide bonds. The molecule has 1 unspecified atom stereocenters. The highest BCUT2D eigenvalue weighted by Gasteiger charge is 2.23. The smallest absolute Gasteiger partial charge is 0.165 e. The quantitative estimate of drug-likeness (QED) is 0.393. The first-order valence-electron chi connectivity index (χ1n) is 11.0. The van der Waals surface area contributed by atoms with Gasteiger partial charge < -0.3 is 9.30 Å². The molecule has 0 bridgehead atoms. The van der Waals surface area contributed by atoms with E-state index in [1.165, 1.54) is 6.07 Å². The molecule has 1 fully saturated rings. The second-order valence-corrected chi connectivity index (χ2v) is 8.61. The van der Waals surface area contributed by atoms with Crippen molar-refractivity contribution in [3.63, 3.8) is 0 Å². The highest BCUT2D eigenvalue weighted by molar-refractivity contribution is 6.08. The van der Waals surface area contributed by atoms with Crippen LogP contribution in [0, 0.1) is 11.7 Å². The van der Waals surface area contributed by atoms with Gasteiger partial charge in [0, 0.05) is 62.1 Å². The summed E-state index contributed by atoms with van der Waals surface area (Å²) in [4.78, 5) is 13.1. The van der Waals surface area contributed by atoms with E-state index in [0.717, 1.165) is 41.7 Å². The Hall–Kier alpha value is -3.25. The minimum atomic E-state index is -0.351. The lowest BCUT2D eigenvalue weighted by Crippen LogP contribution is -2.20. The molecule has 0 N–H and O–H groups in total. The van der Waals surface area contributed by atoms with Crippen LogP contribution in [0.2, 0.25) is 0 Å². The summed E-state index contributed by atoms with van der Waals surface area (Å²) in [6.07, 6.45) is 7.99. The number of benzene rings is 2. The van der Waals surface area contributed by atoms with Crippen molar-refractivity contribution in [1.82, 2.24) is 14.3 Å². The number of carbonyl (C=O) groups excluding carboxylic acids is 1. The Morgan fingerprint density at radius 2 is 2.00 bits per heavy atom. The fraction of sp³-hybridized carbons (Fsp3) is 0.308. The predicted octanol–water partition coefficient (Wildman–Crippen LogP) is 5.23. The summed E-state index contributed by atoms with van der Waals surface area (Å²) in [5, 5.41) is 4.64. The molecule has 5 nitrogen and oxygen atoms in total. The van der Waals surface area contributed by atoms with E-state index >= 15 is 0 Å². The number of halogens is 1. The minimum Gasteiger partial charge on any atom is -0.381 e. The zero-order valence-electron chi connectivity index (χ0n) is 18.1. The lowest BCUT2D eigenvalue weighted by atomic mass is 9.93. The van der Waals surface area contributed by atoms with Crippen molar-refractivity contribution in [2.24, 2.45) is 13.0 Å². The molecule has 2 aromatic heterocycles. The van der Waals surface area contributed by atoms with Gasteiger partial charge in [-0.05, 0) is 42.0 Å². The molecule has 1 aliphatic rings. The summed E-state index contributed by atoms with van der Waals surface area (Å²) in [5.74, 6) is -0.154. The van der Waals surface area contributed by atoms with E-state index in [1.807, 2.05) is 36.3 Å². The SMILES string of the molecule is Cn1cc(-c2ccc(Cn3cc(C(=O)CC4CCCOC4)c4c(F)cccc43)cc2)cn1. The van der Waals surface area contributed by atoms with Gasteiger partial charge in [0.2, 0.25) is 0 Å². The number of hydrogen-bond acceptors (Lipinski definition) is 3. The summed E-state index contributed by atoms with van der Waals surface area (Å²) in [6.45, 7) is 1.93. The van der Waals surface area contributed by atoms with Crippen LogP contribution in [-0.2, 0) is 18.3 Å². The van der Waals surface area contributed by atoms with Crippen LogP contribution in [0.1, 0.15) is 35.2 Å². The lowest BCUT2D eigenvalue weighted by Gasteiger charge is -2.21. The van der Waals surface area contributed by atoms with Crippen LogP contribution in [0.3, 0.4) is 0 Å². The Morgan fingerprint density at radius 1 is 1.16 bits per heavy atom. The Labute approximate surface area is 186 Å². The molecule has 1 saturated heterocycles. The third-order valence-corrected chi connectivity index (χ3v) is 6.23. The van der Waals surface area contributed by atoms with E-state index in [2.05, 4.69) is 29.4 Å². The van der Waals surface area contributed by atoms with Crippen molar-refractivity contribution in [1.29, 1.82) is 0 Å². The Morgan fingerprint density at radius 3 is 2.72 bits per heavy atom. The van der Waals surface area contributed by atoms with Crippen molar-refractivity contribution in [3.8, 4) is 11.1 Å². The Bertz CT molecular complexity index is 1250. The van der Waals surface area contributed by atoms with Crippen molar-refractivity contribution in [2.75, 3.05) is 13.2 Å². The average Bonchev–Trinajstić information content (AvgIpc) is 3.40. The summed E-state index contributed by atoms with van der Waals surface area (Å²) in [6, 6.07) is 13.3. The number of hydrogen-bond donors (Lipinski definition) is 0. The molecule has 164 valence electrons. The Balaban J connectivity index is 1.43. The van der Waals surface area contributed by atoms with Gasteiger partial charge in [0.05, 0.1) is 11.7 Å². The van der Waals surface area contributed by atoms with E-state index in [1.54, 1.807) is 10.7 Å². The number of carbonyl (C=O) groups is 1. The van der Waals surface area contributed by atoms with Crippen molar-refractivity contribution >= 4 is 16.7 Å². The van der Waals surface area contributed by atoms with Gasteiger partial charge in [0.1, 0.15) is 5.82 Å². The number of aryl methyl sites for hydroxylation is 1. The predicted molar refractivity (Wildman–Crippen MR) is 122 cm³/mol. The van der Waals surface area contributed by atoms with Crippen molar-refractivity contribution in [2.45, 2.75) is 25.8 Å². The summed E-state index contributed by atoms with van der Waals surface area (Å²) in [7, 11) is 1.90. The molecule has 4 aromatic rings. The lowest BCUT2D eigenvalue weighted by molar-refractivity contribution is 0.0488. The molecule has 1 atom stereocenters. The molecular weight excluding hydrogens is 405 g/mol. The molecule has 0 spiro atoms. The molecule has 3 heterocycles. The maximum atomic E-state index is 14.8. The van der Waals surface area contributed by atoms with Crippen LogP contribution >= 0.6 is 0 Å². The maximum absolute atomic E-state index is 14.8. The minimum absolute atomic E-state index is 0.0127. The van der Waals surface area contributed by atoms with E-state index in [-0.39, 0.29) is 17.5 Å². The van der Waals surface area contributed by atoms with E-state index in [9.17, 15) is 9.18 Å². The van der Waals surface area contributed by atoms with Gasteiger partial charge in [-0.25, -0.2) is 4.39 Å². The van der Waals surface area contributed by atoms with E-state index < -0.39 is 0 Å². The average molecular weight is 432 g/mol. The molecule has 32 heavy (non-hydrogen) atoms. The van der Waals surface area contributed by atoms with Crippen LogP contribution in [-0.4, -0.2) is 33.3 Å². The zero-order valence-corrected chi connectivity index (χ0v) is 18.1. The number of ketones is 1. The van der Waals surface area contributed by atoms with Gasteiger partial charge in [-0.1, -0.05) is 30.3 Å². The first-order chi connectivity index (χ1) is 15.6. The highest BCUT2D eigenvalue weighted by atomic mass is 19.1. The number of ether oxygens (including phenoxy) is 1. The number of rotatable bonds is 6. The normalized spacial score (nSPS) is 16.5. The number of nitrogens with zero attached hydrogens (tertiary/aromatic N) is 3. The van der Waals surface area contributed by atoms with Crippen LogP contribution in [0.15, 0.2) is 61.1 Å². The van der Waals surface area contributed by atoms with Crippen molar-refractivity contribution in [3.05, 3.63) is 78.0 Å². The first kappa shape index (κ1) is 20.6. The van der Waals surface area contributed by atoms with E-state index in [4.69, 9.17) is 4.74 Å². The fourth-order valence-corrected chi connectivity index (χ4v) is 4.56. The summed E-state index contributed by atoms with van der Waals surface area (Å²) >= 11 is 0. The molecule has 0 aliphatic carbocycles. The number of Topliss-reactive ketones (excluding diaryl/α,β-unsaturated/α-hetero) is 1. The summed E-state index contributed by atoms with van der Waals surface area (Å²) < 4.78 is 24.1. The Kier molecular flexibility index (Phi) is 5.62. The fourth-order valence-electron chi connectivity index (χ4n) is 4.56. The van der Waals surface area contributed by atoms with Gasteiger partial charge >= 0.3 is 0 Å². The second-order valence-electron chi connectivity index (χ2n) is 8.61. The van der Waals surface area contributed by atoms with Gasteiger partial charge in [-0.3, -0.25) is 9.48 Å². The molecular formula is C26H26FN3O2.